The Kier molecular flexibility index (Phi) is 4.33. The number of nitrogens with zero attached hydrogens (tertiary/aromatic N) is 4. The fourth-order valence-corrected chi connectivity index (χ4v) is 2.63. The Labute approximate surface area is 139 Å². The highest BCUT2D eigenvalue weighted by Crippen LogP contribution is 2.29. The van der Waals surface area contributed by atoms with Gasteiger partial charge < -0.3 is 10.0 Å². The molecule has 0 spiro atoms. The van der Waals surface area contributed by atoms with Gasteiger partial charge in [-0.25, -0.2) is 4.68 Å². The first kappa shape index (κ1) is 16.2. The normalized spacial score (nSPS) is 15.1. The lowest BCUT2D eigenvalue weighted by Gasteiger charge is -2.23. The third kappa shape index (κ3) is 3.15. The van der Waals surface area contributed by atoms with Crippen molar-refractivity contribution in [3.05, 3.63) is 41.7 Å². The molecule has 2 aromatic rings. The average molecular weight is 328 g/mol. The zero-order valence-electron chi connectivity index (χ0n) is 13.7. The van der Waals surface area contributed by atoms with Gasteiger partial charge in [0.1, 0.15) is 0 Å². The first-order chi connectivity index (χ1) is 11.5. The number of hydrogen-bond donors (Lipinski definition) is 1. The molecule has 126 valence electrons. The molecule has 0 radical (unpaired) electrons. The van der Waals surface area contributed by atoms with E-state index in [4.69, 9.17) is 5.11 Å². The summed E-state index contributed by atoms with van der Waals surface area (Å²) in [6, 6.07) is 9.58. The van der Waals surface area contributed by atoms with Crippen molar-refractivity contribution in [1.29, 1.82) is 0 Å². The molecule has 3 rings (SSSR count). The molecule has 7 heteroatoms. The number of carboxylic acid groups (broad SMARTS) is 1. The van der Waals surface area contributed by atoms with Crippen LogP contribution in [0.5, 0.6) is 0 Å². The quantitative estimate of drug-likeness (QED) is 0.875. The van der Waals surface area contributed by atoms with Gasteiger partial charge in [0, 0.05) is 12.6 Å². The monoisotopic (exact) mass is 328 g/mol. The van der Waals surface area contributed by atoms with E-state index >= 15 is 0 Å². The maximum Gasteiger partial charge on any atom is 0.308 e. The molecule has 0 bridgehead atoms. The van der Waals surface area contributed by atoms with Crippen molar-refractivity contribution >= 4 is 11.9 Å². The number of aliphatic carboxylic acids is 1. The molecule has 1 aromatic carbocycles. The molecule has 0 saturated heterocycles. The molecule has 1 N–H and O–H groups in total. The molecule has 1 unspecified atom stereocenters. The van der Waals surface area contributed by atoms with E-state index in [0.29, 0.717) is 5.69 Å². The number of aromatic nitrogens is 3. The molecule has 0 aliphatic heterocycles. The lowest BCUT2D eigenvalue weighted by Crippen LogP contribution is -2.39. The number of carbonyl (C=O) groups excluding carboxylic acids is 1. The number of hydrogen-bond acceptors (Lipinski definition) is 4. The predicted octanol–water partition coefficient (Wildman–Crippen LogP) is 1.90. The summed E-state index contributed by atoms with van der Waals surface area (Å²) < 4.78 is 1.62. The Morgan fingerprint density at radius 2 is 2.00 bits per heavy atom. The van der Waals surface area contributed by atoms with Crippen LogP contribution < -0.4 is 0 Å². The van der Waals surface area contributed by atoms with Crippen LogP contribution in [-0.4, -0.2) is 49.5 Å². The van der Waals surface area contributed by atoms with Crippen LogP contribution in [-0.2, 0) is 4.79 Å². The third-order valence-corrected chi connectivity index (χ3v) is 4.24. The summed E-state index contributed by atoms with van der Waals surface area (Å²) in [6.07, 6.45) is 1.81. The van der Waals surface area contributed by atoms with Crippen LogP contribution in [0.1, 0.15) is 35.9 Å². The van der Waals surface area contributed by atoms with Gasteiger partial charge in [0.15, 0.2) is 5.69 Å². The van der Waals surface area contributed by atoms with Gasteiger partial charge in [-0.2, -0.15) is 0 Å². The Morgan fingerprint density at radius 3 is 2.58 bits per heavy atom. The second kappa shape index (κ2) is 6.43. The van der Waals surface area contributed by atoms with Crippen molar-refractivity contribution in [3.8, 4) is 5.69 Å². The van der Waals surface area contributed by atoms with E-state index in [9.17, 15) is 9.59 Å². The van der Waals surface area contributed by atoms with Crippen molar-refractivity contribution < 1.29 is 14.7 Å². The largest absolute Gasteiger partial charge is 0.481 e. The van der Waals surface area contributed by atoms with Gasteiger partial charge in [0.25, 0.3) is 5.91 Å². The summed E-state index contributed by atoms with van der Waals surface area (Å²) >= 11 is 0. The number of rotatable bonds is 6. The molecule has 1 aliphatic carbocycles. The van der Waals surface area contributed by atoms with Crippen LogP contribution in [0.2, 0.25) is 0 Å². The Balaban J connectivity index is 1.86. The van der Waals surface area contributed by atoms with Crippen molar-refractivity contribution in [1.82, 2.24) is 19.9 Å². The van der Waals surface area contributed by atoms with Crippen molar-refractivity contribution in [3.63, 3.8) is 0 Å². The van der Waals surface area contributed by atoms with Crippen LogP contribution >= 0.6 is 0 Å². The Morgan fingerprint density at radius 1 is 1.33 bits per heavy atom. The standard InChI is InChI=1S/C17H20N4O3/c1-11(17(23)24)10-20(13-8-9-13)16(22)15-12(2)21(19-18-15)14-6-4-3-5-7-14/h3-7,11,13H,8-10H2,1-2H3,(H,23,24). The predicted molar refractivity (Wildman–Crippen MR) is 87.0 cm³/mol. The van der Waals surface area contributed by atoms with Gasteiger partial charge in [0.05, 0.1) is 17.3 Å². The number of benzene rings is 1. The van der Waals surface area contributed by atoms with Gasteiger partial charge in [-0.1, -0.05) is 30.3 Å². The van der Waals surface area contributed by atoms with Gasteiger partial charge in [0.2, 0.25) is 0 Å². The maximum absolute atomic E-state index is 12.9. The average Bonchev–Trinajstić information content (AvgIpc) is 3.34. The lowest BCUT2D eigenvalue weighted by atomic mass is 10.1. The molecular weight excluding hydrogens is 308 g/mol. The molecule has 1 aromatic heterocycles. The highest BCUT2D eigenvalue weighted by molar-refractivity contribution is 5.94. The van der Waals surface area contributed by atoms with Crippen LogP contribution in [0.15, 0.2) is 30.3 Å². The molecule has 1 atom stereocenters. The van der Waals surface area contributed by atoms with E-state index in [1.807, 2.05) is 30.3 Å². The molecule has 1 saturated carbocycles. The second-order valence-corrected chi connectivity index (χ2v) is 6.20. The zero-order chi connectivity index (χ0) is 17.3. The van der Waals surface area contributed by atoms with Gasteiger partial charge in [-0.15, -0.1) is 5.10 Å². The summed E-state index contributed by atoms with van der Waals surface area (Å²) in [5.41, 5.74) is 1.77. The minimum absolute atomic E-state index is 0.112. The number of carboxylic acids is 1. The van der Waals surface area contributed by atoms with E-state index in [0.717, 1.165) is 18.5 Å². The highest BCUT2D eigenvalue weighted by atomic mass is 16.4. The van der Waals surface area contributed by atoms with E-state index in [-0.39, 0.29) is 24.2 Å². The summed E-state index contributed by atoms with van der Waals surface area (Å²) in [5, 5.41) is 17.3. The molecule has 1 amide bonds. The lowest BCUT2D eigenvalue weighted by molar-refractivity contribution is -0.141. The van der Waals surface area contributed by atoms with E-state index in [1.165, 1.54) is 0 Å². The van der Waals surface area contributed by atoms with E-state index in [2.05, 4.69) is 10.3 Å². The van der Waals surface area contributed by atoms with Crippen LogP contribution in [0.4, 0.5) is 0 Å². The molecule has 7 nitrogen and oxygen atoms in total. The summed E-state index contributed by atoms with van der Waals surface area (Å²) in [7, 11) is 0. The number of amides is 1. The van der Waals surface area contributed by atoms with Crippen LogP contribution in [0, 0.1) is 12.8 Å². The maximum atomic E-state index is 12.9. The molecule has 1 aliphatic rings. The van der Waals surface area contributed by atoms with Crippen molar-refractivity contribution in [2.75, 3.05) is 6.54 Å². The Bertz CT molecular complexity index is 752. The third-order valence-electron chi connectivity index (χ3n) is 4.24. The van der Waals surface area contributed by atoms with Crippen molar-refractivity contribution in [2.24, 2.45) is 5.92 Å². The smallest absolute Gasteiger partial charge is 0.308 e. The minimum Gasteiger partial charge on any atom is -0.481 e. The molecular formula is C17H20N4O3. The minimum atomic E-state index is -0.905. The summed E-state index contributed by atoms with van der Waals surface area (Å²) in [5.74, 6) is -1.76. The first-order valence-electron chi connectivity index (χ1n) is 8.00. The van der Waals surface area contributed by atoms with Gasteiger partial charge >= 0.3 is 5.97 Å². The van der Waals surface area contributed by atoms with Crippen LogP contribution in [0.25, 0.3) is 5.69 Å². The molecule has 24 heavy (non-hydrogen) atoms. The van der Waals surface area contributed by atoms with Gasteiger partial charge in [-0.05, 0) is 31.9 Å². The summed E-state index contributed by atoms with van der Waals surface area (Å²) in [4.78, 5) is 25.6. The first-order valence-corrected chi connectivity index (χ1v) is 8.00. The fraction of sp³-hybridized carbons (Fsp3) is 0.412. The zero-order valence-corrected chi connectivity index (χ0v) is 13.7. The second-order valence-electron chi connectivity index (χ2n) is 6.20. The molecule has 1 fully saturated rings. The van der Waals surface area contributed by atoms with E-state index < -0.39 is 11.9 Å². The highest BCUT2D eigenvalue weighted by Gasteiger charge is 2.36. The summed E-state index contributed by atoms with van der Waals surface area (Å²) in [6.45, 7) is 3.60. The Hall–Kier alpha value is -2.70. The molecule has 1 heterocycles. The number of carbonyl (C=O) groups is 2. The van der Waals surface area contributed by atoms with Crippen molar-refractivity contribution in [2.45, 2.75) is 32.7 Å². The fourth-order valence-electron chi connectivity index (χ4n) is 2.63. The number of para-hydroxylation sites is 1. The van der Waals surface area contributed by atoms with Gasteiger partial charge in [-0.3, -0.25) is 9.59 Å². The van der Waals surface area contributed by atoms with E-state index in [1.54, 1.807) is 23.4 Å². The topological polar surface area (TPSA) is 88.3 Å². The SMILES string of the molecule is Cc1c(C(=O)N(CC(C)C(=O)O)C2CC2)nnn1-c1ccccc1. The van der Waals surface area contributed by atoms with Crippen LogP contribution in [0.3, 0.4) is 0 Å².